The minimum absolute atomic E-state index is 0.242. The minimum atomic E-state index is 0.242. The average Bonchev–Trinajstić information content (AvgIpc) is 2.61. The van der Waals surface area contributed by atoms with Crippen LogP contribution in [0.5, 0.6) is 11.5 Å². The summed E-state index contributed by atoms with van der Waals surface area (Å²) in [7, 11) is 2.05. The molecule has 0 saturated carbocycles. The molecule has 2 rings (SSSR count). The number of ether oxygens (including phenoxy) is 2. The monoisotopic (exact) mass is 251 g/mol. The predicted molar refractivity (Wildman–Crippen MR) is 70.1 cm³/mol. The van der Waals surface area contributed by atoms with Crippen molar-refractivity contribution >= 4 is 0 Å². The van der Waals surface area contributed by atoms with Gasteiger partial charge in [-0.05, 0) is 31.2 Å². The molecule has 1 N–H and O–H groups in total. The van der Waals surface area contributed by atoms with Gasteiger partial charge in [0.1, 0.15) is 0 Å². The highest BCUT2D eigenvalue weighted by atomic mass is 16.5. The predicted octanol–water partition coefficient (Wildman–Crippen LogP) is 1.66. The van der Waals surface area contributed by atoms with Crippen molar-refractivity contribution in [3.8, 4) is 11.5 Å². The van der Waals surface area contributed by atoms with E-state index in [1.165, 1.54) is 5.56 Å². The summed E-state index contributed by atoms with van der Waals surface area (Å²) in [5, 5.41) is 8.81. The molecule has 0 radical (unpaired) electrons. The Morgan fingerprint density at radius 2 is 2.00 bits per heavy atom. The second-order valence-electron chi connectivity index (χ2n) is 4.65. The molecule has 0 bridgehead atoms. The highest BCUT2D eigenvalue weighted by Gasteiger charge is 2.11. The van der Waals surface area contributed by atoms with Gasteiger partial charge < -0.3 is 19.5 Å². The molecule has 1 heterocycles. The van der Waals surface area contributed by atoms with E-state index in [1.807, 2.05) is 6.07 Å². The molecular formula is C14H21NO3. The van der Waals surface area contributed by atoms with E-state index in [9.17, 15) is 0 Å². The van der Waals surface area contributed by atoms with Gasteiger partial charge in [0, 0.05) is 26.1 Å². The first-order chi connectivity index (χ1) is 8.79. The molecule has 0 saturated heterocycles. The fraction of sp³-hybridized carbons (Fsp3) is 0.571. The van der Waals surface area contributed by atoms with Gasteiger partial charge in [-0.15, -0.1) is 0 Å². The molecule has 18 heavy (non-hydrogen) atoms. The highest BCUT2D eigenvalue weighted by Crippen LogP contribution is 2.30. The zero-order chi connectivity index (χ0) is 12.8. The molecule has 1 aliphatic rings. The second-order valence-corrected chi connectivity index (χ2v) is 4.65. The van der Waals surface area contributed by atoms with E-state index in [4.69, 9.17) is 14.6 Å². The first-order valence-corrected chi connectivity index (χ1v) is 6.47. The van der Waals surface area contributed by atoms with Crippen molar-refractivity contribution in [2.45, 2.75) is 19.4 Å². The van der Waals surface area contributed by atoms with Crippen LogP contribution >= 0.6 is 0 Å². The second kappa shape index (κ2) is 6.61. The number of benzene rings is 1. The first kappa shape index (κ1) is 13.2. The van der Waals surface area contributed by atoms with Crippen LogP contribution in [0, 0.1) is 0 Å². The molecule has 0 amide bonds. The summed E-state index contributed by atoms with van der Waals surface area (Å²) in [5.41, 5.74) is 1.21. The molecule has 0 fully saturated rings. The molecule has 100 valence electrons. The Hall–Kier alpha value is -1.26. The van der Waals surface area contributed by atoms with Crippen LogP contribution in [-0.4, -0.2) is 43.4 Å². The molecule has 0 atom stereocenters. The summed E-state index contributed by atoms with van der Waals surface area (Å²) in [6.45, 7) is 3.44. The minimum Gasteiger partial charge on any atom is -0.490 e. The van der Waals surface area contributed by atoms with Crippen LogP contribution in [0.2, 0.25) is 0 Å². The number of aliphatic hydroxyl groups excluding tert-OH is 1. The van der Waals surface area contributed by atoms with Crippen LogP contribution in [-0.2, 0) is 6.54 Å². The first-order valence-electron chi connectivity index (χ1n) is 6.47. The van der Waals surface area contributed by atoms with Gasteiger partial charge >= 0.3 is 0 Å². The lowest BCUT2D eigenvalue weighted by atomic mass is 10.2. The van der Waals surface area contributed by atoms with E-state index < -0.39 is 0 Å². The van der Waals surface area contributed by atoms with Crippen LogP contribution in [0.1, 0.15) is 18.4 Å². The van der Waals surface area contributed by atoms with Gasteiger partial charge in [0.2, 0.25) is 0 Å². The van der Waals surface area contributed by atoms with Gasteiger partial charge in [-0.25, -0.2) is 0 Å². The van der Waals surface area contributed by atoms with E-state index in [1.54, 1.807) is 0 Å². The number of nitrogens with zero attached hydrogens (tertiary/aromatic N) is 1. The van der Waals surface area contributed by atoms with Crippen molar-refractivity contribution < 1.29 is 14.6 Å². The number of rotatable bonds is 5. The smallest absolute Gasteiger partial charge is 0.161 e. The third-order valence-electron chi connectivity index (χ3n) is 2.96. The Bertz CT molecular complexity index is 381. The zero-order valence-electron chi connectivity index (χ0n) is 10.9. The van der Waals surface area contributed by atoms with Crippen molar-refractivity contribution in [1.82, 2.24) is 4.90 Å². The standard InChI is InChI=1S/C14H21NO3/c1-15(6-2-7-16)11-12-4-5-13-14(10-12)18-9-3-8-17-13/h4-5,10,16H,2-3,6-9,11H2,1H3. The topological polar surface area (TPSA) is 41.9 Å². The molecule has 0 aliphatic carbocycles. The number of aliphatic hydroxyl groups is 1. The maximum absolute atomic E-state index is 8.81. The quantitative estimate of drug-likeness (QED) is 0.864. The summed E-state index contributed by atoms with van der Waals surface area (Å²) in [5.74, 6) is 1.69. The van der Waals surface area contributed by atoms with Gasteiger partial charge in [-0.2, -0.15) is 0 Å². The molecular weight excluding hydrogens is 230 g/mol. The van der Waals surface area contributed by atoms with Gasteiger partial charge in [-0.3, -0.25) is 0 Å². The molecule has 4 heteroatoms. The molecule has 1 aromatic rings. The zero-order valence-corrected chi connectivity index (χ0v) is 10.9. The van der Waals surface area contributed by atoms with Gasteiger partial charge in [-0.1, -0.05) is 6.07 Å². The lowest BCUT2D eigenvalue weighted by molar-refractivity contribution is 0.244. The number of hydrogen-bond acceptors (Lipinski definition) is 4. The van der Waals surface area contributed by atoms with Crippen molar-refractivity contribution in [3.05, 3.63) is 23.8 Å². The van der Waals surface area contributed by atoms with E-state index in [2.05, 4.69) is 24.1 Å². The summed E-state index contributed by atoms with van der Waals surface area (Å²) < 4.78 is 11.3. The van der Waals surface area contributed by atoms with Crippen LogP contribution in [0.3, 0.4) is 0 Å². The van der Waals surface area contributed by atoms with Crippen molar-refractivity contribution in [3.63, 3.8) is 0 Å². The van der Waals surface area contributed by atoms with Crippen LogP contribution in [0.4, 0.5) is 0 Å². The summed E-state index contributed by atoms with van der Waals surface area (Å²) in [4.78, 5) is 2.19. The van der Waals surface area contributed by atoms with Crippen LogP contribution in [0.15, 0.2) is 18.2 Å². The molecule has 4 nitrogen and oxygen atoms in total. The molecule has 0 spiro atoms. The van der Waals surface area contributed by atoms with Gasteiger partial charge in [0.25, 0.3) is 0 Å². The fourth-order valence-electron chi connectivity index (χ4n) is 2.04. The SMILES string of the molecule is CN(CCCO)Cc1ccc2c(c1)OCCCO2. The molecule has 0 unspecified atom stereocenters. The largest absolute Gasteiger partial charge is 0.490 e. The normalized spacial score (nSPS) is 14.6. The Kier molecular flexibility index (Phi) is 4.84. The Morgan fingerprint density at radius 3 is 2.78 bits per heavy atom. The maximum atomic E-state index is 8.81. The van der Waals surface area contributed by atoms with Crippen LogP contribution < -0.4 is 9.47 Å². The summed E-state index contributed by atoms with van der Waals surface area (Å²) in [6, 6.07) is 6.11. The summed E-state index contributed by atoms with van der Waals surface area (Å²) in [6.07, 6.45) is 1.74. The third kappa shape index (κ3) is 3.62. The van der Waals surface area contributed by atoms with Gasteiger partial charge in [0.15, 0.2) is 11.5 Å². The number of fused-ring (bicyclic) bond motifs is 1. The van der Waals surface area contributed by atoms with E-state index in [0.29, 0.717) is 0 Å². The van der Waals surface area contributed by atoms with E-state index in [-0.39, 0.29) is 6.61 Å². The van der Waals surface area contributed by atoms with Crippen molar-refractivity contribution in [2.24, 2.45) is 0 Å². The van der Waals surface area contributed by atoms with Crippen LogP contribution in [0.25, 0.3) is 0 Å². The number of hydrogen-bond donors (Lipinski definition) is 1. The maximum Gasteiger partial charge on any atom is 0.161 e. The van der Waals surface area contributed by atoms with Crippen molar-refractivity contribution in [2.75, 3.05) is 33.4 Å². The Labute approximate surface area is 108 Å². The fourth-order valence-corrected chi connectivity index (χ4v) is 2.04. The Balaban J connectivity index is 1.99. The third-order valence-corrected chi connectivity index (χ3v) is 2.96. The van der Waals surface area contributed by atoms with E-state index in [0.717, 1.165) is 50.6 Å². The lowest BCUT2D eigenvalue weighted by Gasteiger charge is -2.17. The lowest BCUT2D eigenvalue weighted by Crippen LogP contribution is -2.19. The average molecular weight is 251 g/mol. The Morgan fingerprint density at radius 1 is 1.22 bits per heavy atom. The van der Waals surface area contributed by atoms with Crippen molar-refractivity contribution in [1.29, 1.82) is 0 Å². The van der Waals surface area contributed by atoms with Gasteiger partial charge in [0.05, 0.1) is 13.2 Å². The highest BCUT2D eigenvalue weighted by molar-refractivity contribution is 5.43. The molecule has 0 aromatic heterocycles. The summed E-state index contributed by atoms with van der Waals surface area (Å²) >= 11 is 0. The molecule has 1 aromatic carbocycles. The van der Waals surface area contributed by atoms with E-state index >= 15 is 0 Å². The molecule has 1 aliphatic heterocycles.